The summed E-state index contributed by atoms with van der Waals surface area (Å²) in [6.45, 7) is 1.24. The van der Waals surface area contributed by atoms with Crippen molar-refractivity contribution in [3.05, 3.63) is 70.0 Å². The number of aromatic amines is 1. The van der Waals surface area contributed by atoms with Crippen molar-refractivity contribution in [3.8, 4) is 11.4 Å². The van der Waals surface area contributed by atoms with E-state index in [1.807, 2.05) is 30.3 Å². The first-order valence-corrected chi connectivity index (χ1v) is 9.55. The maximum absolute atomic E-state index is 12.7. The van der Waals surface area contributed by atoms with Crippen LogP contribution in [0.2, 0.25) is 0 Å². The van der Waals surface area contributed by atoms with Gasteiger partial charge in [-0.25, -0.2) is 4.98 Å². The summed E-state index contributed by atoms with van der Waals surface area (Å²) in [5.41, 5.74) is 2.45. The van der Waals surface area contributed by atoms with Crippen molar-refractivity contribution >= 4 is 5.91 Å². The van der Waals surface area contributed by atoms with Crippen LogP contribution in [0.15, 0.2) is 51.9 Å². The summed E-state index contributed by atoms with van der Waals surface area (Å²) >= 11 is 0. The minimum Gasteiger partial charge on any atom is -0.351 e. The summed E-state index contributed by atoms with van der Waals surface area (Å²) in [5.74, 6) is 0.754. The Kier molecular flexibility index (Phi) is 3.89. The van der Waals surface area contributed by atoms with Crippen LogP contribution in [0.5, 0.6) is 0 Å². The fourth-order valence-corrected chi connectivity index (χ4v) is 4.49. The van der Waals surface area contributed by atoms with Crippen LogP contribution in [0.3, 0.4) is 0 Å². The van der Waals surface area contributed by atoms with E-state index >= 15 is 0 Å². The van der Waals surface area contributed by atoms with E-state index in [0.29, 0.717) is 18.9 Å². The van der Waals surface area contributed by atoms with E-state index < -0.39 is 0 Å². The highest BCUT2D eigenvalue weighted by atomic mass is 16.5. The fraction of sp³-hybridized carbons (Fsp3) is 0.333. The Bertz CT molecular complexity index is 1060. The second-order valence-corrected chi connectivity index (χ2v) is 7.56. The summed E-state index contributed by atoms with van der Waals surface area (Å²) < 4.78 is 5.00. The molecule has 28 heavy (non-hydrogen) atoms. The number of hydrogen-bond donors (Lipinski definition) is 1. The zero-order valence-corrected chi connectivity index (χ0v) is 15.4. The lowest BCUT2D eigenvalue weighted by Crippen LogP contribution is -2.44. The SMILES string of the molecule is O=C(c1ccno1)N1CCC2(CCc3c2nc(-c2ccccc2)[nH]c3=O)CC1. The van der Waals surface area contributed by atoms with Crippen LogP contribution in [0.25, 0.3) is 11.4 Å². The second-order valence-electron chi connectivity index (χ2n) is 7.56. The molecular weight excluding hydrogens is 356 g/mol. The number of nitrogens with one attached hydrogen (secondary N) is 1. The van der Waals surface area contributed by atoms with Crippen LogP contribution in [-0.2, 0) is 11.8 Å². The average Bonchev–Trinajstić information content (AvgIpc) is 3.38. The molecule has 3 aromatic rings. The molecule has 0 saturated carbocycles. The smallest absolute Gasteiger partial charge is 0.292 e. The monoisotopic (exact) mass is 376 g/mol. The Morgan fingerprint density at radius 2 is 1.89 bits per heavy atom. The second kappa shape index (κ2) is 6.44. The number of carbonyl (C=O) groups excluding carboxylic acids is 1. The zero-order valence-electron chi connectivity index (χ0n) is 15.4. The molecule has 7 heteroatoms. The number of aromatic nitrogens is 3. The Labute approximate surface area is 161 Å². The highest BCUT2D eigenvalue weighted by molar-refractivity contribution is 5.91. The third-order valence-corrected chi connectivity index (χ3v) is 6.07. The van der Waals surface area contributed by atoms with Crippen LogP contribution < -0.4 is 5.56 Å². The third kappa shape index (κ3) is 2.66. The third-order valence-electron chi connectivity index (χ3n) is 6.07. The lowest BCUT2D eigenvalue weighted by atomic mass is 9.76. The van der Waals surface area contributed by atoms with Crippen molar-refractivity contribution in [1.82, 2.24) is 20.0 Å². The van der Waals surface area contributed by atoms with Gasteiger partial charge in [-0.3, -0.25) is 9.59 Å². The minimum absolute atomic E-state index is 0.0408. The van der Waals surface area contributed by atoms with E-state index in [4.69, 9.17) is 9.51 Å². The molecule has 5 rings (SSSR count). The van der Waals surface area contributed by atoms with Gasteiger partial charge in [-0.15, -0.1) is 0 Å². The van der Waals surface area contributed by atoms with E-state index in [0.717, 1.165) is 42.5 Å². The molecule has 0 bridgehead atoms. The van der Waals surface area contributed by atoms with Crippen molar-refractivity contribution in [2.75, 3.05) is 13.1 Å². The van der Waals surface area contributed by atoms with Crippen molar-refractivity contribution in [2.24, 2.45) is 0 Å². The van der Waals surface area contributed by atoms with Crippen LogP contribution in [0.1, 0.15) is 41.1 Å². The van der Waals surface area contributed by atoms with E-state index in [9.17, 15) is 9.59 Å². The topological polar surface area (TPSA) is 92.1 Å². The minimum atomic E-state index is -0.134. The standard InChI is InChI=1S/C21H20N4O3/c26-19-15-6-8-21(17(15)23-18(24-19)14-4-2-1-3-5-14)9-12-25(13-10-21)20(27)16-7-11-22-28-16/h1-5,7,11H,6,8-10,12-13H2,(H,23,24,26). The Morgan fingerprint density at radius 1 is 1.11 bits per heavy atom. The van der Waals surface area contributed by atoms with E-state index in [1.165, 1.54) is 6.20 Å². The molecule has 1 aliphatic carbocycles. The van der Waals surface area contributed by atoms with Gasteiger partial charge in [0.25, 0.3) is 11.5 Å². The molecule has 142 valence electrons. The molecule has 1 spiro atoms. The Morgan fingerprint density at radius 3 is 2.61 bits per heavy atom. The van der Waals surface area contributed by atoms with Gasteiger partial charge in [0, 0.05) is 35.7 Å². The highest BCUT2D eigenvalue weighted by Gasteiger charge is 2.45. The summed E-state index contributed by atoms with van der Waals surface area (Å²) in [6, 6.07) is 11.3. The Hall–Kier alpha value is -3.22. The first kappa shape index (κ1) is 16.9. The number of hydrogen-bond acceptors (Lipinski definition) is 5. The molecule has 1 saturated heterocycles. The van der Waals surface area contributed by atoms with Crippen LogP contribution in [0, 0.1) is 0 Å². The summed E-state index contributed by atoms with van der Waals surface area (Å²) in [4.78, 5) is 34.8. The van der Waals surface area contributed by atoms with Crippen LogP contribution in [0.4, 0.5) is 0 Å². The maximum atomic E-state index is 12.7. The molecule has 1 amide bonds. The molecule has 1 aliphatic heterocycles. The molecule has 0 atom stereocenters. The van der Waals surface area contributed by atoms with Gasteiger partial charge in [-0.2, -0.15) is 0 Å². The van der Waals surface area contributed by atoms with Crippen LogP contribution in [-0.4, -0.2) is 39.0 Å². The summed E-state index contributed by atoms with van der Waals surface area (Å²) in [5, 5.41) is 3.62. The van der Waals surface area contributed by atoms with E-state index in [1.54, 1.807) is 11.0 Å². The number of H-pyrrole nitrogens is 1. The van der Waals surface area contributed by atoms with Crippen molar-refractivity contribution in [2.45, 2.75) is 31.1 Å². The number of likely N-dealkylation sites (tertiary alicyclic amines) is 1. The predicted octanol–water partition coefficient (Wildman–Crippen LogP) is 2.55. The van der Waals surface area contributed by atoms with Gasteiger partial charge in [0.1, 0.15) is 5.82 Å². The van der Waals surface area contributed by atoms with E-state index in [2.05, 4.69) is 10.1 Å². The van der Waals surface area contributed by atoms with Gasteiger partial charge >= 0.3 is 0 Å². The lowest BCUT2D eigenvalue weighted by Gasteiger charge is -2.39. The number of carbonyl (C=O) groups is 1. The Balaban J connectivity index is 1.44. The fourth-order valence-electron chi connectivity index (χ4n) is 4.49. The first-order chi connectivity index (χ1) is 13.7. The van der Waals surface area contributed by atoms with Gasteiger partial charge in [0.05, 0.1) is 11.9 Å². The molecule has 3 heterocycles. The number of amides is 1. The molecule has 1 N–H and O–H groups in total. The molecule has 0 radical (unpaired) electrons. The number of fused-ring (bicyclic) bond motifs is 2. The van der Waals surface area contributed by atoms with Gasteiger partial charge in [0.15, 0.2) is 0 Å². The normalized spacial score (nSPS) is 17.6. The van der Waals surface area contributed by atoms with Crippen molar-refractivity contribution in [1.29, 1.82) is 0 Å². The number of nitrogens with zero attached hydrogens (tertiary/aromatic N) is 3. The van der Waals surface area contributed by atoms with Gasteiger partial charge in [-0.1, -0.05) is 35.5 Å². The largest absolute Gasteiger partial charge is 0.351 e. The molecule has 1 aromatic carbocycles. The van der Waals surface area contributed by atoms with Crippen molar-refractivity contribution < 1.29 is 9.32 Å². The molecule has 1 fully saturated rings. The zero-order chi connectivity index (χ0) is 19.1. The molecule has 0 unspecified atom stereocenters. The number of rotatable bonds is 2. The average molecular weight is 376 g/mol. The molecular formula is C21H20N4O3. The van der Waals surface area contributed by atoms with E-state index in [-0.39, 0.29) is 22.6 Å². The quantitative estimate of drug-likeness (QED) is 0.742. The molecule has 2 aliphatic rings. The van der Waals surface area contributed by atoms with Gasteiger partial charge in [-0.05, 0) is 25.7 Å². The first-order valence-electron chi connectivity index (χ1n) is 9.55. The molecule has 2 aromatic heterocycles. The van der Waals surface area contributed by atoms with Crippen molar-refractivity contribution in [3.63, 3.8) is 0 Å². The van der Waals surface area contributed by atoms with Gasteiger partial charge < -0.3 is 14.4 Å². The molecule has 7 nitrogen and oxygen atoms in total. The predicted molar refractivity (Wildman–Crippen MR) is 102 cm³/mol. The maximum Gasteiger partial charge on any atom is 0.292 e. The summed E-state index contributed by atoms with van der Waals surface area (Å²) in [7, 11) is 0. The number of piperidine rings is 1. The summed E-state index contributed by atoms with van der Waals surface area (Å²) in [6.07, 6.45) is 4.71. The highest BCUT2D eigenvalue weighted by Crippen LogP contribution is 2.44. The van der Waals surface area contributed by atoms with Crippen LogP contribution >= 0.6 is 0 Å². The van der Waals surface area contributed by atoms with Gasteiger partial charge in [0.2, 0.25) is 5.76 Å². The number of benzene rings is 1. The lowest BCUT2D eigenvalue weighted by molar-refractivity contribution is 0.0622.